The number of nitrogens with one attached hydrogen (secondary N) is 2. The van der Waals surface area contributed by atoms with Crippen molar-refractivity contribution in [3.05, 3.63) is 58.9 Å². The molecular weight excluding hydrogens is 486 g/mol. The number of hydrogen-bond acceptors (Lipinski definition) is 7. The van der Waals surface area contributed by atoms with Gasteiger partial charge in [-0.25, -0.2) is 5.48 Å². The Labute approximate surface area is 224 Å². The maximum Gasteiger partial charge on any atom is 0.261 e. The summed E-state index contributed by atoms with van der Waals surface area (Å²) in [6.45, 7) is 10.4. The molecular formula is C28H39N5O5. The number of nitrogens with zero attached hydrogens (tertiary/aromatic N) is 3. The second-order valence-electron chi connectivity index (χ2n) is 9.88. The van der Waals surface area contributed by atoms with Crippen molar-refractivity contribution in [1.82, 2.24) is 25.6 Å². The van der Waals surface area contributed by atoms with E-state index in [0.29, 0.717) is 56.2 Å². The minimum absolute atomic E-state index is 0.0805. The van der Waals surface area contributed by atoms with Gasteiger partial charge in [-0.05, 0) is 61.2 Å². The highest BCUT2D eigenvalue weighted by atomic mass is 16.5. The minimum atomic E-state index is -0.730. The highest BCUT2D eigenvalue weighted by Crippen LogP contribution is 2.23. The van der Waals surface area contributed by atoms with Gasteiger partial charge in [-0.2, -0.15) is 0 Å². The van der Waals surface area contributed by atoms with Gasteiger partial charge in [-0.1, -0.05) is 20.8 Å². The number of aryl methyl sites for hydroxylation is 1. The summed E-state index contributed by atoms with van der Waals surface area (Å²) in [7, 11) is 0. The monoisotopic (exact) mass is 525 g/mol. The average Bonchev–Trinajstić information content (AvgIpc) is 2.92. The number of aromatic nitrogens is 1. The fourth-order valence-corrected chi connectivity index (χ4v) is 4.53. The first kappa shape index (κ1) is 29.1. The molecule has 0 radical (unpaired) electrons. The Bertz CT molecular complexity index is 1110. The number of rotatable bonds is 11. The average molecular weight is 526 g/mol. The van der Waals surface area contributed by atoms with E-state index in [9.17, 15) is 19.6 Å². The number of carbonyl (C=O) groups excluding carboxylic acids is 3. The maximum atomic E-state index is 13.0. The molecule has 3 amide bonds. The molecule has 3 rings (SSSR count). The number of ether oxygens (including phenoxy) is 1. The molecule has 0 spiro atoms. The molecule has 206 valence electrons. The van der Waals surface area contributed by atoms with Crippen LogP contribution >= 0.6 is 0 Å². The molecule has 2 heterocycles. The lowest BCUT2D eigenvalue weighted by Crippen LogP contribution is -2.56. The third-order valence-electron chi connectivity index (χ3n) is 6.61. The van der Waals surface area contributed by atoms with Crippen molar-refractivity contribution in [1.29, 1.82) is 0 Å². The van der Waals surface area contributed by atoms with Gasteiger partial charge in [-0.3, -0.25) is 29.5 Å². The number of carbonyl (C=O) groups is 3. The van der Waals surface area contributed by atoms with Crippen LogP contribution in [-0.2, 0) is 22.6 Å². The number of hydroxylamine groups is 1. The van der Waals surface area contributed by atoms with E-state index in [4.69, 9.17) is 4.74 Å². The van der Waals surface area contributed by atoms with Crippen molar-refractivity contribution in [2.24, 2.45) is 5.92 Å². The second kappa shape index (κ2) is 13.9. The molecule has 2 aromatic rings. The molecule has 10 nitrogen and oxygen atoms in total. The zero-order valence-electron chi connectivity index (χ0n) is 22.7. The molecule has 38 heavy (non-hydrogen) atoms. The molecule has 0 bridgehead atoms. The summed E-state index contributed by atoms with van der Waals surface area (Å²) in [6, 6.07) is 8.33. The number of pyridine rings is 1. The van der Waals surface area contributed by atoms with E-state index < -0.39 is 11.9 Å². The van der Waals surface area contributed by atoms with Crippen LogP contribution in [0.15, 0.2) is 36.5 Å². The van der Waals surface area contributed by atoms with Crippen LogP contribution in [0.1, 0.15) is 54.4 Å². The summed E-state index contributed by atoms with van der Waals surface area (Å²) in [5.41, 5.74) is 4.73. The Morgan fingerprint density at radius 3 is 2.47 bits per heavy atom. The number of amides is 3. The molecule has 1 aromatic heterocycles. The Hall–Kier alpha value is -3.50. The van der Waals surface area contributed by atoms with Gasteiger partial charge in [0.15, 0.2) is 0 Å². The molecule has 1 saturated heterocycles. The van der Waals surface area contributed by atoms with Gasteiger partial charge in [-0.15, -0.1) is 0 Å². The topological polar surface area (TPSA) is 124 Å². The summed E-state index contributed by atoms with van der Waals surface area (Å²) in [5, 5.41) is 12.4. The zero-order valence-corrected chi connectivity index (χ0v) is 22.7. The standard InChI is InChI=1S/C28H39N5O5/c1-5-9-30-26(34)24-7-6-23(38-18-21-8-10-29-20(4)15-21)16-22(24)17-25(27(35)31-37)32-11-13-33(14-12-32)28(36)19(2)3/h6-8,10,15-16,19,25,37H,5,9,11-14,17-18H2,1-4H3,(H,30,34)(H,31,35)/t25-/m0/s1. The van der Waals surface area contributed by atoms with Gasteiger partial charge < -0.3 is 15.0 Å². The van der Waals surface area contributed by atoms with E-state index in [1.807, 2.05) is 44.7 Å². The molecule has 3 N–H and O–H groups in total. The Morgan fingerprint density at radius 2 is 1.84 bits per heavy atom. The molecule has 1 aliphatic heterocycles. The van der Waals surface area contributed by atoms with Crippen LogP contribution in [0.25, 0.3) is 0 Å². The van der Waals surface area contributed by atoms with E-state index in [1.165, 1.54) is 0 Å². The van der Waals surface area contributed by atoms with Crippen LogP contribution < -0.4 is 15.5 Å². The fraction of sp³-hybridized carbons (Fsp3) is 0.500. The molecule has 10 heteroatoms. The van der Waals surface area contributed by atoms with Crippen molar-refractivity contribution in [3.63, 3.8) is 0 Å². The quantitative estimate of drug-likeness (QED) is 0.304. The van der Waals surface area contributed by atoms with Crippen LogP contribution in [-0.4, -0.2) is 76.5 Å². The first-order valence-electron chi connectivity index (χ1n) is 13.2. The van der Waals surface area contributed by atoms with Crippen LogP contribution in [0.5, 0.6) is 5.75 Å². The Morgan fingerprint density at radius 1 is 1.11 bits per heavy atom. The van der Waals surface area contributed by atoms with Crippen molar-refractivity contribution in [3.8, 4) is 5.75 Å². The van der Waals surface area contributed by atoms with E-state index in [2.05, 4.69) is 10.3 Å². The Kier molecular flexibility index (Phi) is 10.6. The lowest BCUT2D eigenvalue weighted by molar-refractivity contribution is -0.139. The van der Waals surface area contributed by atoms with Gasteiger partial charge in [0.1, 0.15) is 12.4 Å². The highest BCUT2D eigenvalue weighted by molar-refractivity contribution is 5.96. The molecule has 1 aliphatic rings. The van der Waals surface area contributed by atoms with Crippen molar-refractivity contribution in [2.75, 3.05) is 32.7 Å². The van der Waals surface area contributed by atoms with Gasteiger partial charge in [0.25, 0.3) is 11.8 Å². The van der Waals surface area contributed by atoms with Crippen LogP contribution in [0, 0.1) is 12.8 Å². The minimum Gasteiger partial charge on any atom is -0.489 e. The third kappa shape index (κ3) is 7.75. The molecule has 0 unspecified atom stereocenters. The molecule has 1 fully saturated rings. The largest absolute Gasteiger partial charge is 0.489 e. The SMILES string of the molecule is CCCNC(=O)c1ccc(OCc2ccnc(C)c2)cc1C[C@@H](C(=O)NO)N1CCN(C(=O)C(C)C)CC1. The zero-order chi connectivity index (χ0) is 27.7. The van der Waals surface area contributed by atoms with E-state index in [0.717, 1.165) is 17.7 Å². The van der Waals surface area contributed by atoms with Crippen LogP contribution in [0.2, 0.25) is 0 Å². The van der Waals surface area contributed by atoms with E-state index in [-0.39, 0.29) is 24.2 Å². The summed E-state index contributed by atoms with van der Waals surface area (Å²) in [4.78, 5) is 46.1. The summed E-state index contributed by atoms with van der Waals surface area (Å²) in [5.74, 6) is -0.240. The third-order valence-corrected chi connectivity index (χ3v) is 6.61. The van der Waals surface area contributed by atoms with E-state index >= 15 is 0 Å². The summed E-state index contributed by atoms with van der Waals surface area (Å²) in [6.07, 6.45) is 2.71. The molecule has 1 atom stereocenters. The lowest BCUT2D eigenvalue weighted by atomic mass is 9.97. The van der Waals surface area contributed by atoms with Gasteiger partial charge in [0.2, 0.25) is 5.91 Å². The van der Waals surface area contributed by atoms with Gasteiger partial charge >= 0.3 is 0 Å². The highest BCUT2D eigenvalue weighted by Gasteiger charge is 2.32. The molecule has 0 aliphatic carbocycles. The lowest BCUT2D eigenvalue weighted by Gasteiger charge is -2.39. The first-order chi connectivity index (χ1) is 18.2. The number of piperazine rings is 1. The normalized spacial score (nSPS) is 14.7. The van der Waals surface area contributed by atoms with E-state index in [1.54, 1.807) is 34.8 Å². The molecule has 1 aromatic carbocycles. The number of benzene rings is 1. The van der Waals surface area contributed by atoms with Crippen LogP contribution in [0.3, 0.4) is 0 Å². The Balaban J connectivity index is 1.83. The van der Waals surface area contributed by atoms with Crippen molar-refractivity contribution < 1.29 is 24.3 Å². The summed E-state index contributed by atoms with van der Waals surface area (Å²) < 4.78 is 6.01. The molecule has 0 saturated carbocycles. The fourth-order valence-electron chi connectivity index (χ4n) is 4.53. The van der Waals surface area contributed by atoms with Gasteiger partial charge in [0.05, 0.1) is 6.04 Å². The predicted octanol–water partition coefficient (Wildman–Crippen LogP) is 2.33. The van der Waals surface area contributed by atoms with Crippen molar-refractivity contribution >= 4 is 17.7 Å². The second-order valence-corrected chi connectivity index (χ2v) is 9.88. The summed E-state index contributed by atoms with van der Waals surface area (Å²) >= 11 is 0. The van der Waals surface area contributed by atoms with Crippen LogP contribution in [0.4, 0.5) is 0 Å². The predicted molar refractivity (Wildman–Crippen MR) is 143 cm³/mol. The smallest absolute Gasteiger partial charge is 0.261 e. The van der Waals surface area contributed by atoms with Gasteiger partial charge in [0, 0.05) is 56.1 Å². The van der Waals surface area contributed by atoms with Crippen molar-refractivity contribution in [2.45, 2.75) is 53.2 Å². The first-order valence-corrected chi connectivity index (χ1v) is 13.2. The maximum absolute atomic E-state index is 13.0. The number of hydrogen-bond donors (Lipinski definition) is 3.